The summed E-state index contributed by atoms with van der Waals surface area (Å²) in [6, 6.07) is 2.68. The SMILES string of the molecule is O=C(NCC1CCS(=O)(=O)C1)c1cc([N+](=O)[O-])ccc1F. The van der Waals surface area contributed by atoms with Crippen molar-refractivity contribution in [1.29, 1.82) is 0 Å². The van der Waals surface area contributed by atoms with Crippen molar-refractivity contribution in [3.05, 3.63) is 39.7 Å². The molecule has 1 aliphatic heterocycles. The number of nitrogens with one attached hydrogen (secondary N) is 1. The van der Waals surface area contributed by atoms with E-state index in [2.05, 4.69) is 5.32 Å². The molecule has 9 heteroatoms. The van der Waals surface area contributed by atoms with Gasteiger partial charge < -0.3 is 5.32 Å². The fraction of sp³-hybridized carbons (Fsp3) is 0.417. The third-order valence-electron chi connectivity index (χ3n) is 3.28. The van der Waals surface area contributed by atoms with Crippen molar-refractivity contribution in [3.8, 4) is 0 Å². The molecule has 1 N–H and O–H groups in total. The molecule has 7 nitrogen and oxygen atoms in total. The van der Waals surface area contributed by atoms with Gasteiger partial charge in [0.1, 0.15) is 5.82 Å². The summed E-state index contributed by atoms with van der Waals surface area (Å²) in [5.74, 6) is -1.79. The number of sulfone groups is 1. The maximum atomic E-state index is 13.5. The first-order valence-corrected chi connectivity index (χ1v) is 8.03. The zero-order chi connectivity index (χ0) is 15.6. The van der Waals surface area contributed by atoms with Crippen LogP contribution in [0.5, 0.6) is 0 Å². The van der Waals surface area contributed by atoms with Crippen LogP contribution in [-0.4, -0.2) is 37.3 Å². The number of nitro groups is 1. The van der Waals surface area contributed by atoms with E-state index in [9.17, 15) is 27.7 Å². The van der Waals surface area contributed by atoms with E-state index < -0.39 is 32.0 Å². The number of hydrogen-bond donors (Lipinski definition) is 1. The van der Waals surface area contributed by atoms with Gasteiger partial charge in [0, 0.05) is 18.7 Å². The minimum absolute atomic E-state index is 0.00923. The summed E-state index contributed by atoms with van der Waals surface area (Å²) in [5.41, 5.74) is -0.810. The Labute approximate surface area is 120 Å². The van der Waals surface area contributed by atoms with Crippen LogP contribution in [0.25, 0.3) is 0 Å². The molecule has 0 aliphatic carbocycles. The fourth-order valence-corrected chi connectivity index (χ4v) is 4.03. The lowest BCUT2D eigenvalue weighted by atomic mass is 10.1. The molecule has 2 rings (SSSR count). The van der Waals surface area contributed by atoms with Gasteiger partial charge in [0.2, 0.25) is 0 Å². The van der Waals surface area contributed by atoms with Gasteiger partial charge in [-0.1, -0.05) is 0 Å². The summed E-state index contributed by atoms with van der Waals surface area (Å²) in [6.07, 6.45) is 0.444. The van der Waals surface area contributed by atoms with Gasteiger partial charge >= 0.3 is 0 Å². The van der Waals surface area contributed by atoms with Crippen LogP contribution >= 0.6 is 0 Å². The van der Waals surface area contributed by atoms with Crippen molar-refractivity contribution in [1.82, 2.24) is 5.32 Å². The van der Waals surface area contributed by atoms with Crippen LogP contribution in [0.15, 0.2) is 18.2 Å². The quantitative estimate of drug-likeness (QED) is 0.656. The number of amides is 1. The van der Waals surface area contributed by atoms with E-state index >= 15 is 0 Å². The predicted molar refractivity (Wildman–Crippen MR) is 72.1 cm³/mol. The van der Waals surface area contributed by atoms with Crippen molar-refractivity contribution < 1.29 is 22.5 Å². The number of non-ortho nitro benzene ring substituents is 1. The van der Waals surface area contributed by atoms with Crippen LogP contribution in [0.3, 0.4) is 0 Å². The molecule has 0 saturated carbocycles. The van der Waals surface area contributed by atoms with Crippen LogP contribution in [0, 0.1) is 21.8 Å². The van der Waals surface area contributed by atoms with Crippen molar-refractivity contribution in [3.63, 3.8) is 0 Å². The Kier molecular flexibility index (Phi) is 4.21. The molecule has 0 radical (unpaired) electrons. The number of halogens is 1. The Morgan fingerprint density at radius 3 is 2.76 bits per heavy atom. The Morgan fingerprint density at radius 1 is 1.48 bits per heavy atom. The molecule has 21 heavy (non-hydrogen) atoms. The van der Waals surface area contributed by atoms with E-state index in [1.165, 1.54) is 0 Å². The van der Waals surface area contributed by atoms with Crippen molar-refractivity contribution in [2.24, 2.45) is 5.92 Å². The lowest BCUT2D eigenvalue weighted by molar-refractivity contribution is -0.384. The standard InChI is InChI=1S/C12H13FN2O5S/c13-11-2-1-9(15(17)18)5-10(11)12(16)14-6-8-3-4-21(19,20)7-8/h1-2,5,8H,3-4,6-7H2,(H,14,16). The first-order chi connectivity index (χ1) is 9.78. The second-order valence-electron chi connectivity index (χ2n) is 4.90. The van der Waals surface area contributed by atoms with Crippen LogP contribution in [-0.2, 0) is 9.84 Å². The summed E-state index contributed by atoms with van der Waals surface area (Å²) in [7, 11) is -3.05. The third kappa shape index (κ3) is 3.75. The van der Waals surface area contributed by atoms with Crippen molar-refractivity contribution in [2.45, 2.75) is 6.42 Å². The van der Waals surface area contributed by atoms with Gasteiger partial charge in [0.05, 0.1) is 22.0 Å². The number of carbonyl (C=O) groups is 1. The van der Waals surface area contributed by atoms with Gasteiger partial charge in [-0.15, -0.1) is 0 Å². The average molecular weight is 316 g/mol. The Bertz CT molecular complexity index is 689. The molecule has 1 fully saturated rings. The molecule has 0 bridgehead atoms. The highest BCUT2D eigenvalue weighted by atomic mass is 32.2. The summed E-state index contributed by atoms with van der Waals surface area (Å²) < 4.78 is 36.1. The Morgan fingerprint density at radius 2 is 2.19 bits per heavy atom. The largest absolute Gasteiger partial charge is 0.352 e. The van der Waals surface area contributed by atoms with Crippen LogP contribution in [0.1, 0.15) is 16.8 Å². The zero-order valence-electron chi connectivity index (χ0n) is 10.9. The van der Waals surface area contributed by atoms with E-state index in [0.29, 0.717) is 6.42 Å². The normalized spacial score (nSPS) is 20.1. The number of benzene rings is 1. The van der Waals surface area contributed by atoms with Crippen LogP contribution in [0.4, 0.5) is 10.1 Å². The Hall–Kier alpha value is -2.03. The summed E-state index contributed by atoms with van der Waals surface area (Å²) in [6.45, 7) is 0.0974. The van der Waals surface area contributed by atoms with Crippen LogP contribution in [0.2, 0.25) is 0 Å². The lowest BCUT2D eigenvalue weighted by Gasteiger charge is -2.10. The molecule has 1 unspecified atom stereocenters. The molecule has 1 saturated heterocycles. The van der Waals surface area contributed by atoms with Gasteiger partial charge in [-0.05, 0) is 18.4 Å². The fourth-order valence-electron chi connectivity index (χ4n) is 2.17. The molecule has 114 valence electrons. The molecule has 1 atom stereocenters. The minimum atomic E-state index is -3.05. The van der Waals surface area contributed by atoms with Gasteiger partial charge in [0.25, 0.3) is 11.6 Å². The maximum Gasteiger partial charge on any atom is 0.270 e. The van der Waals surface area contributed by atoms with Crippen molar-refractivity contribution in [2.75, 3.05) is 18.1 Å². The molecule has 0 spiro atoms. The molecule has 1 aliphatic rings. The van der Waals surface area contributed by atoms with E-state index in [1.807, 2.05) is 0 Å². The second-order valence-corrected chi connectivity index (χ2v) is 7.13. The van der Waals surface area contributed by atoms with Crippen molar-refractivity contribution >= 4 is 21.4 Å². The first kappa shape index (κ1) is 15.4. The molecule has 1 aromatic rings. The summed E-state index contributed by atoms with van der Waals surface area (Å²) >= 11 is 0. The van der Waals surface area contributed by atoms with Crippen LogP contribution < -0.4 is 5.32 Å². The monoisotopic (exact) mass is 316 g/mol. The Balaban J connectivity index is 2.04. The number of rotatable bonds is 4. The van der Waals surface area contributed by atoms with Gasteiger partial charge in [-0.2, -0.15) is 0 Å². The van der Waals surface area contributed by atoms with Gasteiger partial charge in [0.15, 0.2) is 9.84 Å². The van der Waals surface area contributed by atoms with E-state index in [1.54, 1.807) is 0 Å². The number of nitrogens with zero attached hydrogens (tertiary/aromatic N) is 1. The minimum Gasteiger partial charge on any atom is -0.352 e. The topological polar surface area (TPSA) is 106 Å². The van der Waals surface area contributed by atoms with Gasteiger partial charge in [-0.25, -0.2) is 12.8 Å². The second kappa shape index (κ2) is 5.76. The number of nitro benzene ring substituents is 1. The highest BCUT2D eigenvalue weighted by Gasteiger charge is 2.28. The average Bonchev–Trinajstić information content (AvgIpc) is 2.76. The maximum absolute atomic E-state index is 13.5. The smallest absolute Gasteiger partial charge is 0.270 e. The number of hydrogen-bond acceptors (Lipinski definition) is 5. The van der Waals surface area contributed by atoms with E-state index in [0.717, 1.165) is 18.2 Å². The van der Waals surface area contributed by atoms with E-state index in [4.69, 9.17) is 0 Å². The summed E-state index contributed by atoms with van der Waals surface area (Å²) in [4.78, 5) is 21.7. The molecule has 0 aromatic heterocycles. The van der Waals surface area contributed by atoms with Gasteiger partial charge in [-0.3, -0.25) is 14.9 Å². The third-order valence-corrected chi connectivity index (χ3v) is 5.12. The number of carbonyl (C=O) groups excluding carboxylic acids is 1. The molecular weight excluding hydrogens is 303 g/mol. The molecule has 1 aromatic carbocycles. The predicted octanol–water partition coefficient (Wildman–Crippen LogP) is 0.898. The highest BCUT2D eigenvalue weighted by Crippen LogP contribution is 2.19. The molecule has 1 amide bonds. The molecule has 1 heterocycles. The lowest BCUT2D eigenvalue weighted by Crippen LogP contribution is -2.30. The molecular formula is C12H13FN2O5S. The van der Waals surface area contributed by atoms with E-state index in [-0.39, 0.29) is 29.7 Å². The highest BCUT2D eigenvalue weighted by molar-refractivity contribution is 7.91. The summed E-state index contributed by atoms with van der Waals surface area (Å²) in [5, 5.41) is 13.0. The zero-order valence-corrected chi connectivity index (χ0v) is 11.7. The first-order valence-electron chi connectivity index (χ1n) is 6.21.